The maximum atomic E-state index is 13.3. The Balaban J connectivity index is 1.46. The fourth-order valence-electron chi connectivity index (χ4n) is 4.50. The summed E-state index contributed by atoms with van der Waals surface area (Å²) in [7, 11) is 0. The summed E-state index contributed by atoms with van der Waals surface area (Å²) in [5, 5.41) is 10.9. The van der Waals surface area contributed by atoms with Gasteiger partial charge in [0.15, 0.2) is 0 Å². The Labute approximate surface area is 191 Å². The Kier molecular flexibility index (Phi) is 6.91. The molecule has 0 saturated carbocycles. The molecule has 1 N–H and O–H groups in total. The zero-order chi connectivity index (χ0) is 22.5. The molecule has 0 radical (unpaired) electrons. The van der Waals surface area contributed by atoms with Crippen LogP contribution in [0.5, 0.6) is 5.75 Å². The van der Waals surface area contributed by atoms with Crippen molar-refractivity contribution in [1.82, 2.24) is 9.80 Å². The summed E-state index contributed by atoms with van der Waals surface area (Å²) in [5.41, 5.74) is 5.13. The number of amides is 1. The molecule has 0 spiro atoms. The second-order valence-electron chi connectivity index (χ2n) is 8.76. The van der Waals surface area contributed by atoms with E-state index in [0.29, 0.717) is 12.2 Å². The molecule has 4 heteroatoms. The Morgan fingerprint density at radius 3 is 2.16 bits per heavy atom. The summed E-state index contributed by atoms with van der Waals surface area (Å²) < 4.78 is 0. The number of phenols is 1. The van der Waals surface area contributed by atoms with Crippen LogP contribution >= 0.6 is 0 Å². The predicted octanol–water partition coefficient (Wildman–Crippen LogP) is 4.88. The minimum absolute atomic E-state index is 0.149. The van der Waals surface area contributed by atoms with Crippen LogP contribution in [0, 0.1) is 13.8 Å². The third-order valence-corrected chi connectivity index (χ3v) is 6.66. The molecule has 3 aromatic rings. The molecular formula is C28H32N2O2. The van der Waals surface area contributed by atoms with Gasteiger partial charge in [0.2, 0.25) is 5.91 Å². The standard InChI is InChI=1S/C28H32N2O2/c1-21-13-14-25(28(32)22(21)2)26(24-11-7-4-8-12-24)19-27(31)30-17-15-29(16-18-30)20-23-9-5-3-6-10-23/h3-14,26,32H,15-20H2,1-2H3. The van der Waals surface area contributed by atoms with E-state index in [0.717, 1.165) is 55.0 Å². The third kappa shape index (κ3) is 5.03. The van der Waals surface area contributed by atoms with E-state index in [2.05, 4.69) is 29.2 Å². The average molecular weight is 429 g/mol. The molecule has 1 unspecified atom stereocenters. The number of rotatable bonds is 6. The van der Waals surface area contributed by atoms with Crippen LogP contribution in [0.2, 0.25) is 0 Å². The van der Waals surface area contributed by atoms with Crippen LogP contribution in [0.1, 0.15) is 40.2 Å². The van der Waals surface area contributed by atoms with Gasteiger partial charge in [-0.15, -0.1) is 0 Å². The van der Waals surface area contributed by atoms with Gasteiger partial charge in [0.25, 0.3) is 0 Å². The molecule has 0 bridgehead atoms. The SMILES string of the molecule is Cc1ccc(C(CC(=O)N2CCN(Cc3ccccc3)CC2)c2ccccc2)c(O)c1C. The minimum atomic E-state index is -0.162. The molecule has 1 aliphatic rings. The Morgan fingerprint density at radius 2 is 1.50 bits per heavy atom. The first kappa shape index (κ1) is 22.1. The number of aromatic hydroxyl groups is 1. The number of piperazine rings is 1. The van der Waals surface area contributed by atoms with E-state index in [1.54, 1.807) is 0 Å². The van der Waals surface area contributed by atoms with Gasteiger partial charge in [-0.25, -0.2) is 0 Å². The van der Waals surface area contributed by atoms with Crippen molar-refractivity contribution in [3.63, 3.8) is 0 Å². The normalized spacial score (nSPS) is 15.5. The first-order chi connectivity index (χ1) is 15.5. The zero-order valence-corrected chi connectivity index (χ0v) is 19.0. The molecule has 1 atom stereocenters. The largest absolute Gasteiger partial charge is 0.507 e. The van der Waals surface area contributed by atoms with Crippen molar-refractivity contribution < 1.29 is 9.90 Å². The van der Waals surface area contributed by atoms with Crippen molar-refractivity contribution in [2.45, 2.75) is 32.7 Å². The molecule has 4 nitrogen and oxygen atoms in total. The second kappa shape index (κ2) is 10.0. The van der Waals surface area contributed by atoms with E-state index < -0.39 is 0 Å². The molecule has 1 fully saturated rings. The lowest BCUT2D eigenvalue weighted by Gasteiger charge is -2.35. The van der Waals surface area contributed by atoms with Crippen LogP contribution in [-0.4, -0.2) is 47.0 Å². The van der Waals surface area contributed by atoms with E-state index in [4.69, 9.17) is 0 Å². The molecule has 1 amide bonds. The summed E-state index contributed by atoms with van der Waals surface area (Å²) in [5.74, 6) is 0.292. The summed E-state index contributed by atoms with van der Waals surface area (Å²) in [6.07, 6.45) is 0.360. The number of benzene rings is 3. The zero-order valence-electron chi connectivity index (χ0n) is 19.0. The van der Waals surface area contributed by atoms with Crippen molar-refractivity contribution in [2.75, 3.05) is 26.2 Å². The van der Waals surface area contributed by atoms with Gasteiger partial charge in [0, 0.05) is 50.6 Å². The van der Waals surface area contributed by atoms with Crippen LogP contribution in [-0.2, 0) is 11.3 Å². The number of hydrogen-bond acceptors (Lipinski definition) is 3. The lowest BCUT2D eigenvalue weighted by molar-refractivity contribution is -0.133. The summed E-state index contributed by atoms with van der Waals surface area (Å²) in [6.45, 7) is 8.10. The highest BCUT2D eigenvalue weighted by molar-refractivity contribution is 5.78. The van der Waals surface area contributed by atoms with Crippen molar-refractivity contribution >= 4 is 5.91 Å². The van der Waals surface area contributed by atoms with Gasteiger partial charge in [0.05, 0.1) is 0 Å². The fraction of sp³-hybridized carbons (Fsp3) is 0.321. The molecule has 4 rings (SSSR count). The van der Waals surface area contributed by atoms with Crippen LogP contribution < -0.4 is 0 Å². The summed E-state index contributed by atoms with van der Waals surface area (Å²) >= 11 is 0. The molecule has 0 aromatic heterocycles. The van der Waals surface area contributed by atoms with Crippen molar-refractivity contribution in [2.24, 2.45) is 0 Å². The first-order valence-corrected chi connectivity index (χ1v) is 11.4. The molecule has 1 aliphatic heterocycles. The highest BCUT2D eigenvalue weighted by Gasteiger charge is 2.27. The van der Waals surface area contributed by atoms with Crippen molar-refractivity contribution in [1.29, 1.82) is 0 Å². The molecular weight excluding hydrogens is 396 g/mol. The van der Waals surface area contributed by atoms with Crippen molar-refractivity contribution in [3.05, 3.63) is 101 Å². The predicted molar refractivity (Wildman–Crippen MR) is 129 cm³/mol. The monoisotopic (exact) mass is 428 g/mol. The minimum Gasteiger partial charge on any atom is -0.507 e. The first-order valence-electron chi connectivity index (χ1n) is 11.4. The van der Waals surface area contributed by atoms with E-state index in [-0.39, 0.29) is 11.8 Å². The maximum Gasteiger partial charge on any atom is 0.223 e. The third-order valence-electron chi connectivity index (χ3n) is 6.66. The Bertz CT molecular complexity index is 1040. The van der Waals surface area contributed by atoms with Crippen LogP contribution in [0.3, 0.4) is 0 Å². The van der Waals surface area contributed by atoms with Gasteiger partial charge >= 0.3 is 0 Å². The Morgan fingerprint density at radius 1 is 0.875 bits per heavy atom. The van der Waals surface area contributed by atoms with E-state index in [1.807, 2.05) is 67.3 Å². The van der Waals surface area contributed by atoms with Gasteiger partial charge < -0.3 is 10.0 Å². The number of hydrogen-bond donors (Lipinski definition) is 1. The van der Waals surface area contributed by atoms with E-state index in [9.17, 15) is 9.90 Å². The maximum absolute atomic E-state index is 13.3. The molecule has 0 aliphatic carbocycles. The number of phenolic OH excluding ortho intramolecular Hbond substituents is 1. The fourth-order valence-corrected chi connectivity index (χ4v) is 4.50. The highest BCUT2D eigenvalue weighted by Crippen LogP contribution is 2.37. The Hall–Kier alpha value is -3.11. The molecule has 1 heterocycles. The summed E-state index contributed by atoms with van der Waals surface area (Å²) in [6, 6.07) is 24.5. The van der Waals surface area contributed by atoms with Gasteiger partial charge in [-0.1, -0.05) is 72.8 Å². The molecule has 1 saturated heterocycles. The quantitative estimate of drug-likeness (QED) is 0.609. The average Bonchev–Trinajstić information content (AvgIpc) is 2.83. The second-order valence-corrected chi connectivity index (χ2v) is 8.76. The van der Waals surface area contributed by atoms with Crippen molar-refractivity contribution in [3.8, 4) is 5.75 Å². The summed E-state index contributed by atoms with van der Waals surface area (Å²) in [4.78, 5) is 17.7. The lowest BCUT2D eigenvalue weighted by Crippen LogP contribution is -2.48. The number of carbonyl (C=O) groups excluding carboxylic acids is 1. The van der Waals surface area contributed by atoms with Gasteiger partial charge in [-0.3, -0.25) is 9.69 Å². The van der Waals surface area contributed by atoms with Gasteiger partial charge in [0.1, 0.15) is 5.75 Å². The van der Waals surface area contributed by atoms with E-state index in [1.165, 1.54) is 5.56 Å². The van der Waals surface area contributed by atoms with Crippen LogP contribution in [0.4, 0.5) is 0 Å². The molecule has 3 aromatic carbocycles. The van der Waals surface area contributed by atoms with E-state index >= 15 is 0 Å². The van der Waals surface area contributed by atoms with Crippen LogP contribution in [0.25, 0.3) is 0 Å². The van der Waals surface area contributed by atoms with Gasteiger partial charge in [-0.05, 0) is 36.1 Å². The van der Waals surface area contributed by atoms with Gasteiger partial charge in [-0.2, -0.15) is 0 Å². The topological polar surface area (TPSA) is 43.8 Å². The lowest BCUT2D eigenvalue weighted by atomic mass is 9.85. The number of aryl methyl sites for hydroxylation is 1. The molecule has 166 valence electrons. The molecule has 32 heavy (non-hydrogen) atoms. The highest BCUT2D eigenvalue weighted by atomic mass is 16.3. The van der Waals surface area contributed by atoms with Crippen LogP contribution in [0.15, 0.2) is 72.8 Å². The number of nitrogens with zero attached hydrogens (tertiary/aromatic N) is 2. The smallest absolute Gasteiger partial charge is 0.223 e. The number of carbonyl (C=O) groups is 1.